The zero-order valence-corrected chi connectivity index (χ0v) is 12.8. The number of nitrogen functional groups attached to an aromatic ring is 1. The van der Waals surface area contributed by atoms with Gasteiger partial charge in [-0.1, -0.05) is 11.6 Å². The van der Waals surface area contributed by atoms with Gasteiger partial charge in [-0.05, 0) is 53.2 Å². The monoisotopic (exact) mass is 340 g/mol. The fraction of sp³-hybridized carbons (Fsp3) is 0.143. The third kappa shape index (κ3) is 3.55. The first-order valence-electron chi connectivity index (χ1n) is 5.84. The number of hydrogen-bond donors (Lipinski definition) is 2. The Morgan fingerprint density at radius 1 is 1.21 bits per heavy atom. The van der Waals surface area contributed by atoms with Crippen LogP contribution in [0.25, 0.3) is 0 Å². The highest BCUT2D eigenvalue weighted by molar-refractivity contribution is 9.10. The van der Waals surface area contributed by atoms with Gasteiger partial charge in [0, 0.05) is 21.9 Å². The van der Waals surface area contributed by atoms with E-state index in [0.29, 0.717) is 23.1 Å². The smallest absolute Gasteiger partial charge is 0.144 e. The molecule has 2 aromatic carbocycles. The number of nitrogens with one attached hydrogen (secondary N) is 1. The van der Waals surface area contributed by atoms with Crippen molar-refractivity contribution >= 4 is 44.6 Å². The van der Waals surface area contributed by atoms with E-state index in [-0.39, 0.29) is 0 Å². The van der Waals surface area contributed by atoms with Crippen molar-refractivity contribution in [1.82, 2.24) is 0 Å². The first-order valence-corrected chi connectivity index (χ1v) is 7.01. The van der Waals surface area contributed by atoms with Gasteiger partial charge in [-0.25, -0.2) is 0 Å². The summed E-state index contributed by atoms with van der Waals surface area (Å²) in [6.45, 7) is 2.51. The molecule has 2 aromatic rings. The largest absolute Gasteiger partial charge is 0.492 e. The van der Waals surface area contributed by atoms with Gasteiger partial charge in [0.1, 0.15) is 5.75 Å². The van der Waals surface area contributed by atoms with Crippen molar-refractivity contribution in [2.24, 2.45) is 0 Å². The van der Waals surface area contributed by atoms with Crippen LogP contribution in [-0.4, -0.2) is 6.61 Å². The van der Waals surface area contributed by atoms with E-state index >= 15 is 0 Å². The van der Waals surface area contributed by atoms with Gasteiger partial charge in [0.25, 0.3) is 0 Å². The maximum absolute atomic E-state index is 5.96. The molecule has 5 heteroatoms. The van der Waals surface area contributed by atoms with Crippen LogP contribution in [0.1, 0.15) is 6.92 Å². The Bertz CT molecular complexity index is 590. The number of ether oxygens (including phenoxy) is 1. The Hall–Kier alpha value is -1.39. The van der Waals surface area contributed by atoms with Crippen LogP contribution in [0.2, 0.25) is 5.02 Å². The molecule has 0 atom stereocenters. The van der Waals surface area contributed by atoms with Crippen molar-refractivity contribution in [3.8, 4) is 5.75 Å². The first-order chi connectivity index (χ1) is 9.10. The molecule has 0 aliphatic carbocycles. The summed E-state index contributed by atoms with van der Waals surface area (Å²) in [4.78, 5) is 0. The van der Waals surface area contributed by atoms with Crippen LogP contribution in [0.4, 0.5) is 17.1 Å². The molecule has 0 saturated carbocycles. The summed E-state index contributed by atoms with van der Waals surface area (Å²) in [7, 11) is 0. The second kappa shape index (κ2) is 6.17. The molecule has 0 bridgehead atoms. The second-order valence-electron chi connectivity index (χ2n) is 3.94. The van der Waals surface area contributed by atoms with E-state index in [1.54, 1.807) is 0 Å². The molecule has 0 unspecified atom stereocenters. The quantitative estimate of drug-likeness (QED) is 0.783. The zero-order chi connectivity index (χ0) is 13.8. The molecule has 3 nitrogen and oxygen atoms in total. The molecule has 0 heterocycles. The summed E-state index contributed by atoms with van der Waals surface area (Å²) in [6.07, 6.45) is 0. The van der Waals surface area contributed by atoms with Crippen LogP contribution in [0.15, 0.2) is 40.9 Å². The van der Waals surface area contributed by atoms with Gasteiger partial charge in [-0.2, -0.15) is 0 Å². The molecule has 0 spiro atoms. The van der Waals surface area contributed by atoms with Gasteiger partial charge < -0.3 is 15.8 Å². The van der Waals surface area contributed by atoms with Crippen molar-refractivity contribution in [3.63, 3.8) is 0 Å². The number of hydrogen-bond acceptors (Lipinski definition) is 3. The molecule has 0 aromatic heterocycles. The maximum atomic E-state index is 5.96. The summed E-state index contributed by atoms with van der Waals surface area (Å²) in [5.74, 6) is 0.681. The second-order valence-corrected chi connectivity index (χ2v) is 5.20. The first kappa shape index (κ1) is 14.0. The van der Waals surface area contributed by atoms with Crippen molar-refractivity contribution in [2.75, 3.05) is 17.7 Å². The van der Waals surface area contributed by atoms with E-state index in [9.17, 15) is 0 Å². The average Bonchev–Trinajstić information content (AvgIpc) is 2.38. The van der Waals surface area contributed by atoms with Gasteiger partial charge >= 0.3 is 0 Å². The number of halogens is 2. The Labute approximate surface area is 125 Å². The van der Waals surface area contributed by atoms with Crippen molar-refractivity contribution < 1.29 is 4.74 Å². The molecule has 3 N–H and O–H groups in total. The van der Waals surface area contributed by atoms with Crippen LogP contribution in [0, 0.1) is 0 Å². The molecule has 0 radical (unpaired) electrons. The van der Waals surface area contributed by atoms with E-state index in [1.807, 2.05) is 43.3 Å². The minimum absolute atomic E-state index is 0.583. The predicted octanol–water partition coefficient (Wildman–Crippen LogP) is 4.83. The lowest BCUT2D eigenvalue weighted by molar-refractivity contribution is 0.342. The average molecular weight is 342 g/mol. The molecule has 0 aliphatic rings. The van der Waals surface area contributed by atoms with E-state index in [0.717, 1.165) is 15.8 Å². The van der Waals surface area contributed by atoms with Crippen LogP contribution >= 0.6 is 27.5 Å². The Kier molecular flexibility index (Phi) is 4.56. The lowest BCUT2D eigenvalue weighted by Gasteiger charge is -2.11. The van der Waals surface area contributed by atoms with Gasteiger partial charge in [-0.15, -0.1) is 0 Å². The normalized spacial score (nSPS) is 10.3. The van der Waals surface area contributed by atoms with E-state index in [2.05, 4.69) is 21.2 Å². The number of nitrogens with two attached hydrogens (primary N) is 1. The van der Waals surface area contributed by atoms with Gasteiger partial charge in [0.2, 0.25) is 0 Å². The molecule has 2 rings (SSSR count). The molecule has 0 aliphatic heterocycles. The number of anilines is 3. The van der Waals surface area contributed by atoms with Crippen LogP contribution < -0.4 is 15.8 Å². The minimum Gasteiger partial charge on any atom is -0.492 e. The minimum atomic E-state index is 0.583. The SMILES string of the molecule is CCOc1cc(Nc2ccc(Cl)c(Br)c2)ccc1N. The summed E-state index contributed by atoms with van der Waals surface area (Å²) >= 11 is 9.35. The molecule has 100 valence electrons. The highest BCUT2D eigenvalue weighted by Gasteiger charge is 2.03. The van der Waals surface area contributed by atoms with Crippen molar-refractivity contribution in [3.05, 3.63) is 45.9 Å². The summed E-state index contributed by atoms with van der Waals surface area (Å²) < 4.78 is 6.31. The third-order valence-electron chi connectivity index (χ3n) is 2.52. The van der Waals surface area contributed by atoms with Gasteiger partial charge in [-0.3, -0.25) is 0 Å². The topological polar surface area (TPSA) is 47.3 Å². The molecule has 0 amide bonds. The Morgan fingerprint density at radius 2 is 1.89 bits per heavy atom. The molecule has 0 saturated heterocycles. The van der Waals surface area contributed by atoms with Gasteiger partial charge in [0.15, 0.2) is 0 Å². The summed E-state index contributed by atoms with van der Waals surface area (Å²) in [5, 5.41) is 3.95. The summed E-state index contributed by atoms with van der Waals surface area (Å²) in [6, 6.07) is 11.2. The maximum Gasteiger partial charge on any atom is 0.144 e. The fourth-order valence-corrected chi connectivity index (χ4v) is 2.13. The summed E-state index contributed by atoms with van der Waals surface area (Å²) in [5.41, 5.74) is 8.31. The van der Waals surface area contributed by atoms with E-state index in [1.165, 1.54) is 0 Å². The highest BCUT2D eigenvalue weighted by Crippen LogP contribution is 2.30. The highest BCUT2D eigenvalue weighted by atomic mass is 79.9. The molecule has 19 heavy (non-hydrogen) atoms. The van der Waals surface area contributed by atoms with Crippen LogP contribution in [0.5, 0.6) is 5.75 Å². The van der Waals surface area contributed by atoms with Crippen molar-refractivity contribution in [1.29, 1.82) is 0 Å². The van der Waals surface area contributed by atoms with Crippen LogP contribution in [-0.2, 0) is 0 Å². The van der Waals surface area contributed by atoms with Gasteiger partial charge in [0.05, 0.1) is 17.3 Å². The van der Waals surface area contributed by atoms with E-state index in [4.69, 9.17) is 22.1 Å². The predicted molar refractivity (Wildman–Crippen MR) is 84.5 cm³/mol. The number of benzene rings is 2. The lowest BCUT2D eigenvalue weighted by atomic mass is 10.2. The molecular weight excluding hydrogens is 328 g/mol. The fourth-order valence-electron chi connectivity index (χ4n) is 1.63. The molecule has 0 fully saturated rings. The Balaban J connectivity index is 2.22. The lowest BCUT2D eigenvalue weighted by Crippen LogP contribution is -1.98. The van der Waals surface area contributed by atoms with E-state index < -0.39 is 0 Å². The third-order valence-corrected chi connectivity index (χ3v) is 3.74. The molecular formula is C14H14BrClN2O. The zero-order valence-electron chi connectivity index (χ0n) is 10.4. The van der Waals surface area contributed by atoms with Crippen LogP contribution in [0.3, 0.4) is 0 Å². The van der Waals surface area contributed by atoms with Crippen molar-refractivity contribution in [2.45, 2.75) is 6.92 Å². The number of rotatable bonds is 4. The standard InChI is InChI=1S/C14H14BrClN2O/c1-2-19-14-8-10(4-6-13(14)17)18-9-3-5-12(16)11(15)7-9/h3-8,18H,2,17H2,1H3. The Morgan fingerprint density at radius 3 is 2.58 bits per heavy atom.